The Bertz CT molecular complexity index is 606. The topological polar surface area (TPSA) is 55.6 Å². The zero-order valence-corrected chi connectivity index (χ0v) is 14.5. The van der Waals surface area contributed by atoms with Crippen LogP contribution in [0, 0.1) is 22.0 Å². The maximum atomic E-state index is 10.8. The van der Waals surface area contributed by atoms with Crippen LogP contribution in [0.4, 0.5) is 5.69 Å². The van der Waals surface area contributed by atoms with Gasteiger partial charge in [-0.2, -0.15) is 0 Å². The van der Waals surface area contributed by atoms with Crippen LogP contribution in [0.3, 0.4) is 0 Å². The summed E-state index contributed by atoms with van der Waals surface area (Å²) in [6, 6.07) is 6.68. The van der Waals surface area contributed by atoms with Gasteiger partial charge in [-0.05, 0) is 43.4 Å². The molecule has 0 radical (unpaired) electrons. The molecule has 5 nitrogen and oxygen atoms in total. The molecule has 130 valence electrons. The summed E-state index contributed by atoms with van der Waals surface area (Å²) in [6.45, 7) is 6.68. The van der Waals surface area contributed by atoms with Crippen LogP contribution < -0.4 is 0 Å². The van der Waals surface area contributed by atoms with E-state index in [1.165, 1.54) is 19.3 Å². The number of piperidine rings is 1. The first-order valence-electron chi connectivity index (χ1n) is 8.97. The molecule has 3 unspecified atom stereocenters. The van der Waals surface area contributed by atoms with Crippen molar-refractivity contribution in [2.45, 2.75) is 45.8 Å². The molecule has 2 aliphatic rings. The van der Waals surface area contributed by atoms with Crippen molar-refractivity contribution in [3.8, 4) is 0 Å². The second-order valence-electron chi connectivity index (χ2n) is 6.87. The van der Waals surface area contributed by atoms with Gasteiger partial charge in [-0.1, -0.05) is 20.3 Å². The Morgan fingerprint density at radius 2 is 1.88 bits per heavy atom. The number of rotatable bonds is 4. The number of non-ortho nitro benzene ring substituents is 1. The minimum absolute atomic E-state index is 0.102. The fraction of sp³-hybridized carbons (Fsp3) is 0.579. The van der Waals surface area contributed by atoms with Gasteiger partial charge in [-0.25, -0.2) is 0 Å². The van der Waals surface area contributed by atoms with Crippen molar-refractivity contribution in [3.05, 3.63) is 46.0 Å². The predicted molar refractivity (Wildman–Crippen MR) is 94.3 cm³/mol. The van der Waals surface area contributed by atoms with E-state index < -0.39 is 0 Å². The summed E-state index contributed by atoms with van der Waals surface area (Å²) >= 11 is 0. The number of hydrogen-bond donors (Lipinski definition) is 0. The van der Waals surface area contributed by atoms with Crippen LogP contribution in [-0.2, 0) is 4.74 Å². The first-order chi connectivity index (χ1) is 11.6. The van der Waals surface area contributed by atoms with E-state index in [-0.39, 0.29) is 16.8 Å². The van der Waals surface area contributed by atoms with Crippen molar-refractivity contribution in [2.75, 3.05) is 13.1 Å². The molecular formula is C19H26N2O3. The molecule has 0 bridgehead atoms. The number of nitro benzene ring substituents is 1. The first kappa shape index (κ1) is 17.0. The van der Waals surface area contributed by atoms with Gasteiger partial charge in [0.2, 0.25) is 0 Å². The van der Waals surface area contributed by atoms with Crippen LogP contribution in [0.25, 0.3) is 5.76 Å². The minimum Gasteiger partial charge on any atom is -0.475 e. The van der Waals surface area contributed by atoms with Crippen molar-refractivity contribution in [3.63, 3.8) is 0 Å². The molecule has 3 atom stereocenters. The molecular weight excluding hydrogens is 304 g/mol. The monoisotopic (exact) mass is 330 g/mol. The number of likely N-dealkylation sites (tertiary alicyclic amines) is 1. The van der Waals surface area contributed by atoms with Gasteiger partial charge in [0, 0.05) is 36.7 Å². The molecule has 1 aromatic carbocycles. The molecule has 24 heavy (non-hydrogen) atoms. The average molecular weight is 330 g/mol. The maximum absolute atomic E-state index is 10.8. The number of benzene rings is 1. The van der Waals surface area contributed by atoms with Gasteiger partial charge < -0.3 is 4.74 Å². The zero-order chi connectivity index (χ0) is 17.1. The highest BCUT2D eigenvalue weighted by atomic mass is 16.6. The minimum atomic E-state index is -0.368. The van der Waals surface area contributed by atoms with Crippen LogP contribution in [0.15, 0.2) is 30.3 Å². The summed E-state index contributed by atoms with van der Waals surface area (Å²) in [5.74, 6) is 1.79. The van der Waals surface area contributed by atoms with Crippen LogP contribution in [0.5, 0.6) is 0 Å². The van der Waals surface area contributed by atoms with E-state index >= 15 is 0 Å². The molecule has 5 heteroatoms. The summed E-state index contributed by atoms with van der Waals surface area (Å²) in [5.41, 5.74) is 1.04. The van der Waals surface area contributed by atoms with Crippen molar-refractivity contribution in [1.82, 2.24) is 4.90 Å². The van der Waals surface area contributed by atoms with Gasteiger partial charge in [0.1, 0.15) is 5.76 Å². The third-order valence-corrected chi connectivity index (χ3v) is 5.32. The van der Waals surface area contributed by atoms with E-state index in [1.54, 1.807) is 24.3 Å². The number of nitrogens with zero attached hydrogens (tertiary/aromatic N) is 2. The quantitative estimate of drug-likeness (QED) is 0.605. The molecule has 2 aliphatic heterocycles. The van der Waals surface area contributed by atoms with Crippen LogP contribution in [0.1, 0.15) is 45.1 Å². The fourth-order valence-electron chi connectivity index (χ4n) is 3.82. The van der Waals surface area contributed by atoms with Crippen LogP contribution >= 0.6 is 0 Å². The lowest BCUT2D eigenvalue weighted by Crippen LogP contribution is -2.47. The molecule has 1 saturated heterocycles. The highest BCUT2D eigenvalue weighted by molar-refractivity contribution is 5.62. The second-order valence-corrected chi connectivity index (χ2v) is 6.87. The highest BCUT2D eigenvalue weighted by Crippen LogP contribution is 2.37. The second kappa shape index (κ2) is 7.34. The number of allylic oxidation sites excluding steroid dienone is 1. The molecule has 1 fully saturated rings. The van der Waals surface area contributed by atoms with Crippen LogP contribution in [-0.4, -0.2) is 29.1 Å². The van der Waals surface area contributed by atoms with E-state index in [9.17, 15) is 10.1 Å². The number of ether oxygens (including phenoxy) is 1. The van der Waals surface area contributed by atoms with E-state index in [2.05, 4.69) is 24.8 Å². The van der Waals surface area contributed by atoms with Crippen molar-refractivity contribution >= 4 is 11.4 Å². The van der Waals surface area contributed by atoms with Gasteiger partial charge in [0.05, 0.1) is 4.92 Å². The normalized spacial score (nSPS) is 28.1. The third kappa shape index (κ3) is 3.46. The van der Waals surface area contributed by atoms with E-state index in [0.717, 1.165) is 30.8 Å². The fourth-order valence-corrected chi connectivity index (χ4v) is 3.82. The number of hydrogen-bond acceptors (Lipinski definition) is 4. The first-order valence-corrected chi connectivity index (χ1v) is 8.97. The summed E-state index contributed by atoms with van der Waals surface area (Å²) in [7, 11) is 0. The average Bonchev–Trinajstić information content (AvgIpc) is 2.62. The van der Waals surface area contributed by atoms with E-state index in [4.69, 9.17) is 4.74 Å². The lowest BCUT2D eigenvalue weighted by Gasteiger charge is -2.43. The summed E-state index contributed by atoms with van der Waals surface area (Å²) < 4.78 is 6.37. The van der Waals surface area contributed by atoms with Gasteiger partial charge in [-0.3, -0.25) is 15.0 Å². The molecule has 0 saturated carbocycles. The zero-order valence-electron chi connectivity index (χ0n) is 14.5. The predicted octanol–water partition coefficient (Wildman–Crippen LogP) is 4.44. The Morgan fingerprint density at radius 3 is 2.46 bits per heavy atom. The largest absolute Gasteiger partial charge is 0.475 e. The molecule has 0 amide bonds. The molecule has 2 heterocycles. The molecule has 3 rings (SSSR count). The number of nitro groups is 1. The Balaban J connectivity index is 1.84. The molecule has 0 N–H and O–H groups in total. The highest BCUT2D eigenvalue weighted by Gasteiger charge is 2.35. The van der Waals surface area contributed by atoms with E-state index in [1.807, 2.05) is 0 Å². The third-order valence-electron chi connectivity index (χ3n) is 5.32. The van der Waals surface area contributed by atoms with Crippen molar-refractivity contribution in [2.24, 2.45) is 11.8 Å². The van der Waals surface area contributed by atoms with Gasteiger partial charge >= 0.3 is 0 Å². The standard InChI is InChI=1S/C19H26N2O3/c1-3-15-13-18(16-7-9-17(10-8-16)21(22)23)24-19(14(15)2)20-11-5-4-6-12-20/h7-10,13-15,19H,3-6,11-12H2,1-2H3. The van der Waals surface area contributed by atoms with Gasteiger partial charge in [0.15, 0.2) is 6.23 Å². The maximum Gasteiger partial charge on any atom is 0.269 e. The Morgan fingerprint density at radius 1 is 1.21 bits per heavy atom. The summed E-state index contributed by atoms with van der Waals surface area (Å²) in [4.78, 5) is 12.9. The Kier molecular flexibility index (Phi) is 5.19. The SMILES string of the molecule is CCC1C=C(c2ccc([N+](=O)[O-])cc2)OC(N2CCCCC2)C1C. The van der Waals surface area contributed by atoms with Gasteiger partial charge in [-0.15, -0.1) is 0 Å². The Labute approximate surface area is 143 Å². The van der Waals surface area contributed by atoms with Crippen LogP contribution in [0.2, 0.25) is 0 Å². The summed E-state index contributed by atoms with van der Waals surface area (Å²) in [5, 5.41) is 10.8. The molecule has 0 spiro atoms. The lowest BCUT2D eigenvalue weighted by atomic mass is 9.85. The molecule has 0 aliphatic carbocycles. The molecule has 0 aromatic heterocycles. The lowest BCUT2D eigenvalue weighted by molar-refractivity contribution is -0.384. The summed E-state index contributed by atoms with van der Waals surface area (Å²) in [6.07, 6.45) is 7.16. The van der Waals surface area contributed by atoms with Gasteiger partial charge in [0.25, 0.3) is 5.69 Å². The van der Waals surface area contributed by atoms with Crippen molar-refractivity contribution in [1.29, 1.82) is 0 Å². The smallest absolute Gasteiger partial charge is 0.269 e. The van der Waals surface area contributed by atoms with E-state index in [0.29, 0.717) is 11.8 Å². The van der Waals surface area contributed by atoms with Crippen molar-refractivity contribution < 1.29 is 9.66 Å². The Hall–Kier alpha value is -1.88. The molecule has 1 aromatic rings.